The second kappa shape index (κ2) is 5.70. The maximum atomic E-state index is 12.9. The molecule has 7 heteroatoms. The molecule has 0 radical (unpaired) electrons. The quantitative estimate of drug-likeness (QED) is 0.625. The van der Waals surface area contributed by atoms with Crippen LogP contribution < -0.4 is 0 Å². The number of nitrogens with zero attached hydrogens (tertiary/aromatic N) is 2. The largest absolute Gasteiger partial charge is 0.416 e. The van der Waals surface area contributed by atoms with Gasteiger partial charge in [0.2, 0.25) is 0 Å². The summed E-state index contributed by atoms with van der Waals surface area (Å²) in [4.78, 5) is 25.9. The maximum absolute atomic E-state index is 12.9. The molecule has 0 spiro atoms. The zero-order chi connectivity index (χ0) is 19.5. The lowest BCUT2D eigenvalue weighted by molar-refractivity contribution is -0.137. The van der Waals surface area contributed by atoms with Crippen LogP contribution in [0.15, 0.2) is 42.6 Å². The third-order valence-electron chi connectivity index (χ3n) is 4.89. The highest BCUT2D eigenvalue weighted by Gasteiger charge is 2.34. The van der Waals surface area contributed by atoms with Crippen LogP contribution in [-0.4, -0.2) is 28.0 Å². The van der Waals surface area contributed by atoms with Gasteiger partial charge < -0.3 is 9.30 Å². The van der Waals surface area contributed by atoms with E-state index < -0.39 is 11.7 Å². The fourth-order valence-electron chi connectivity index (χ4n) is 3.55. The van der Waals surface area contributed by atoms with Crippen molar-refractivity contribution in [3.8, 4) is 11.1 Å². The molecule has 0 saturated carbocycles. The molecular weight excluding hydrogens is 357 g/mol. The fourth-order valence-corrected chi connectivity index (χ4v) is 3.55. The summed E-state index contributed by atoms with van der Waals surface area (Å²) in [5.74, 6) is -0.283. The van der Waals surface area contributed by atoms with Gasteiger partial charge in [-0.05, 0) is 36.8 Å². The summed E-state index contributed by atoms with van der Waals surface area (Å²) >= 11 is 0. The minimum atomic E-state index is -4.42. The molecule has 0 fully saturated rings. The normalized spacial score (nSPS) is 14.1. The number of amides is 1. The van der Waals surface area contributed by atoms with E-state index in [1.54, 1.807) is 34.7 Å². The van der Waals surface area contributed by atoms with Crippen molar-refractivity contribution in [3.63, 3.8) is 0 Å². The molecule has 4 rings (SSSR count). The number of rotatable bonds is 2. The fraction of sp³-hybridized carbons (Fsp3) is 0.200. The predicted molar refractivity (Wildman–Crippen MR) is 93.6 cm³/mol. The molecule has 2 aromatic heterocycles. The van der Waals surface area contributed by atoms with Crippen LogP contribution in [0.25, 0.3) is 16.6 Å². The highest BCUT2D eigenvalue weighted by molar-refractivity contribution is 6.05. The average Bonchev–Trinajstić information content (AvgIpc) is 3.07. The van der Waals surface area contributed by atoms with Gasteiger partial charge in [0, 0.05) is 36.5 Å². The number of hydrogen-bond donors (Lipinski definition) is 0. The van der Waals surface area contributed by atoms with Crippen molar-refractivity contribution in [3.05, 3.63) is 65.0 Å². The van der Waals surface area contributed by atoms with E-state index in [4.69, 9.17) is 0 Å². The Morgan fingerprint density at radius 2 is 1.78 bits per heavy atom. The van der Waals surface area contributed by atoms with Gasteiger partial charge in [0.25, 0.3) is 5.91 Å². The van der Waals surface area contributed by atoms with E-state index in [1.165, 1.54) is 19.1 Å². The van der Waals surface area contributed by atoms with E-state index >= 15 is 0 Å². The van der Waals surface area contributed by atoms with Crippen molar-refractivity contribution in [1.29, 1.82) is 0 Å². The van der Waals surface area contributed by atoms with Crippen molar-refractivity contribution in [1.82, 2.24) is 9.30 Å². The van der Waals surface area contributed by atoms with Gasteiger partial charge in [-0.1, -0.05) is 12.1 Å². The number of ketones is 1. The van der Waals surface area contributed by atoms with Gasteiger partial charge in [0.05, 0.1) is 11.1 Å². The van der Waals surface area contributed by atoms with Crippen LogP contribution in [0.5, 0.6) is 0 Å². The van der Waals surface area contributed by atoms with Crippen molar-refractivity contribution < 1.29 is 22.8 Å². The number of carbonyl (C=O) groups is 2. The van der Waals surface area contributed by atoms with E-state index in [0.29, 0.717) is 34.4 Å². The maximum Gasteiger partial charge on any atom is 0.416 e. The first-order valence-corrected chi connectivity index (χ1v) is 8.29. The van der Waals surface area contributed by atoms with Gasteiger partial charge in [-0.15, -0.1) is 0 Å². The number of Topliss-reactive ketones (excluding diaryl/α,β-unsaturated/α-hetero) is 1. The number of benzene rings is 1. The lowest BCUT2D eigenvalue weighted by atomic mass is 9.99. The van der Waals surface area contributed by atoms with E-state index in [-0.39, 0.29) is 11.7 Å². The summed E-state index contributed by atoms with van der Waals surface area (Å²) < 4.78 is 40.4. The van der Waals surface area contributed by atoms with Crippen LogP contribution in [-0.2, 0) is 12.7 Å². The zero-order valence-electron chi connectivity index (χ0n) is 14.6. The molecule has 0 aliphatic carbocycles. The first-order chi connectivity index (χ1) is 12.7. The van der Waals surface area contributed by atoms with Crippen molar-refractivity contribution in [2.75, 3.05) is 7.05 Å². The molecular formula is C20H15F3N2O2. The number of hydrogen-bond acceptors (Lipinski definition) is 2. The predicted octanol–water partition coefficient (Wildman–Crippen LogP) is 4.41. The minimum Gasteiger partial charge on any atom is -0.336 e. The zero-order valence-corrected chi connectivity index (χ0v) is 14.6. The van der Waals surface area contributed by atoms with Gasteiger partial charge >= 0.3 is 6.18 Å². The third-order valence-corrected chi connectivity index (χ3v) is 4.89. The lowest BCUT2D eigenvalue weighted by Crippen LogP contribution is -2.19. The van der Waals surface area contributed by atoms with Gasteiger partial charge in [0.1, 0.15) is 5.69 Å². The molecule has 1 aromatic carbocycles. The summed E-state index contributed by atoms with van der Waals surface area (Å²) in [6.45, 7) is 1.81. The highest BCUT2D eigenvalue weighted by atomic mass is 19.4. The van der Waals surface area contributed by atoms with Gasteiger partial charge in [-0.3, -0.25) is 9.59 Å². The van der Waals surface area contributed by atoms with Crippen LogP contribution in [0.2, 0.25) is 0 Å². The van der Waals surface area contributed by atoms with Gasteiger partial charge in [-0.2, -0.15) is 13.2 Å². The Hall–Kier alpha value is -3.09. The van der Waals surface area contributed by atoms with Crippen LogP contribution in [0.1, 0.15) is 38.9 Å². The molecule has 3 heterocycles. The monoisotopic (exact) mass is 372 g/mol. The van der Waals surface area contributed by atoms with E-state index in [2.05, 4.69) is 0 Å². The highest BCUT2D eigenvalue weighted by Crippen LogP contribution is 2.39. The van der Waals surface area contributed by atoms with E-state index in [0.717, 1.165) is 17.7 Å². The Labute approximate surface area is 152 Å². The third kappa shape index (κ3) is 2.61. The number of aromatic nitrogens is 1. The molecule has 1 amide bonds. The Balaban J connectivity index is 1.99. The minimum absolute atomic E-state index is 0.124. The molecule has 138 valence electrons. The average molecular weight is 372 g/mol. The molecule has 3 aromatic rings. The van der Waals surface area contributed by atoms with Crippen LogP contribution in [0.4, 0.5) is 13.2 Å². The van der Waals surface area contributed by atoms with Crippen LogP contribution >= 0.6 is 0 Å². The molecule has 0 N–H and O–H groups in total. The molecule has 0 atom stereocenters. The molecule has 0 saturated heterocycles. The number of halogens is 3. The molecule has 1 aliphatic rings. The molecule has 27 heavy (non-hydrogen) atoms. The second-order valence-corrected chi connectivity index (χ2v) is 6.67. The van der Waals surface area contributed by atoms with E-state index in [9.17, 15) is 22.8 Å². The summed E-state index contributed by atoms with van der Waals surface area (Å²) in [6, 6.07) is 8.18. The summed E-state index contributed by atoms with van der Waals surface area (Å²) in [5, 5.41) is 0. The van der Waals surface area contributed by atoms with Crippen LogP contribution in [0, 0.1) is 0 Å². The number of pyridine rings is 1. The van der Waals surface area contributed by atoms with Crippen LogP contribution in [0.3, 0.4) is 0 Å². The van der Waals surface area contributed by atoms with Crippen molar-refractivity contribution in [2.24, 2.45) is 0 Å². The van der Waals surface area contributed by atoms with Gasteiger partial charge in [-0.25, -0.2) is 0 Å². The molecule has 4 nitrogen and oxygen atoms in total. The SMILES string of the molecule is CC(=O)c1ccn2c3c(c(-c4ccc(C(F)(F)F)cc4)c2c1)CN(C)C3=O. The van der Waals surface area contributed by atoms with Crippen molar-refractivity contribution >= 4 is 17.2 Å². The number of alkyl halides is 3. The Bertz CT molecular complexity index is 1100. The van der Waals surface area contributed by atoms with Crippen molar-refractivity contribution in [2.45, 2.75) is 19.6 Å². The smallest absolute Gasteiger partial charge is 0.336 e. The number of carbonyl (C=O) groups excluding carboxylic acids is 2. The first-order valence-electron chi connectivity index (χ1n) is 8.29. The topological polar surface area (TPSA) is 41.8 Å². The lowest BCUT2D eigenvalue weighted by Gasteiger charge is -2.12. The summed E-state index contributed by atoms with van der Waals surface area (Å²) in [7, 11) is 1.68. The summed E-state index contributed by atoms with van der Waals surface area (Å²) in [5.41, 5.74) is 2.87. The first kappa shape index (κ1) is 17.3. The Kier molecular flexibility index (Phi) is 3.66. The molecule has 1 aliphatic heterocycles. The van der Waals surface area contributed by atoms with Gasteiger partial charge in [0.15, 0.2) is 5.78 Å². The molecule has 0 bridgehead atoms. The Morgan fingerprint density at radius 1 is 1.11 bits per heavy atom. The second-order valence-electron chi connectivity index (χ2n) is 6.67. The Morgan fingerprint density at radius 3 is 2.37 bits per heavy atom. The summed E-state index contributed by atoms with van der Waals surface area (Å²) in [6.07, 6.45) is -2.75. The standard InChI is InChI=1S/C20H15F3N2O2/c1-11(26)13-7-8-25-16(9-13)17(15-10-24(2)19(27)18(15)25)12-3-5-14(6-4-12)20(21,22)23/h3-9H,10H2,1-2H3. The molecule has 0 unspecified atom stereocenters. The number of fused-ring (bicyclic) bond motifs is 3. The van der Waals surface area contributed by atoms with E-state index in [1.807, 2.05) is 0 Å².